The van der Waals surface area contributed by atoms with Crippen LogP contribution in [-0.4, -0.2) is 17.7 Å². The lowest BCUT2D eigenvalue weighted by Crippen LogP contribution is -1.96. The first-order chi connectivity index (χ1) is 12.7. The lowest BCUT2D eigenvalue weighted by Gasteiger charge is -2.06. The van der Waals surface area contributed by atoms with Gasteiger partial charge in [-0.1, -0.05) is 31.9 Å². The van der Waals surface area contributed by atoms with Crippen molar-refractivity contribution in [3.63, 3.8) is 0 Å². The molecule has 0 unspecified atom stereocenters. The zero-order valence-electron chi connectivity index (χ0n) is 14.8. The van der Waals surface area contributed by atoms with Crippen molar-refractivity contribution in [3.8, 4) is 26.6 Å². The molecule has 0 bridgehead atoms. The van der Waals surface area contributed by atoms with Gasteiger partial charge < -0.3 is 9.84 Å². The molecule has 0 aliphatic rings. The lowest BCUT2D eigenvalue weighted by atomic mass is 10.1. The summed E-state index contributed by atoms with van der Waals surface area (Å²) in [6.45, 7) is 2.95. The minimum atomic E-state index is -0.902. The monoisotopic (exact) mass is 366 g/mol. The molecule has 3 aromatic rings. The number of rotatable bonds is 8. The number of unbranched alkanes of at least 4 members (excludes halogenated alkanes) is 2. The van der Waals surface area contributed by atoms with E-state index in [0.29, 0.717) is 5.56 Å². The smallest absolute Gasteiger partial charge is 0.335 e. The van der Waals surface area contributed by atoms with Crippen molar-refractivity contribution in [1.82, 2.24) is 0 Å². The van der Waals surface area contributed by atoms with Gasteiger partial charge in [0, 0.05) is 9.75 Å². The molecule has 3 rings (SSSR count). The Labute approximate surface area is 157 Å². The van der Waals surface area contributed by atoms with Gasteiger partial charge in [0.15, 0.2) is 0 Å². The van der Waals surface area contributed by atoms with Crippen LogP contribution in [0, 0.1) is 0 Å². The van der Waals surface area contributed by atoms with Crippen molar-refractivity contribution in [2.24, 2.45) is 0 Å². The van der Waals surface area contributed by atoms with E-state index in [1.165, 1.54) is 17.7 Å². The van der Waals surface area contributed by atoms with E-state index in [1.807, 2.05) is 24.3 Å². The van der Waals surface area contributed by atoms with Crippen LogP contribution >= 0.6 is 11.3 Å². The molecule has 3 nitrogen and oxygen atoms in total. The number of benzene rings is 2. The number of carboxylic acid groups (broad SMARTS) is 1. The number of hydrogen-bond acceptors (Lipinski definition) is 3. The number of carboxylic acids is 1. The van der Waals surface area contributed by atoms with Gasteiger partial charge in [0.05, 0.1) is 12.2 Å². The average Bonchev–Trinajstić information content (AvgIpc) is 3.16. The number of ether oxygens (including phenoxy) is 1. The Kier molecular flexibility index (Phi) is 6.08. The van der Waals surface area contributed by atoms with Crippen LogP contribution in [0.15, 0.2) is 60.7 Å². The predicted molar refractivity (Wildman–Crippen MR) is 107 cm³/mol. The Morgan fingerprint density at radius 2 is 1.46 bits per heavy atom. The standard InChI is InChI=1S/C22H22O3S/c1-2-3-4-15-25-19-11-9-17(10-12-19)21-14-13-20(26-21)16-5-7-18(8-6-16)22(23)24/h5-14H,2-4,15H2,1H3,(H,23,24). The molecule has 134 valence electrons. The van der Waals surface area contributed by atoms with Crippen LogP contribution < -0.4 is 4.74 Å². The first kappa shape index (κ1) is 18.2. The topological polar surface area (TPSA) is 46.5 Å². The summed E-state index contributed by atoms with van der Waals surface area (Å²) in [5.74, 6) is 0.00585. The molecule has 0 aliphatic heterocycles. The second kappa shape index (κ2) is 8.68. The Morgan fingerprint density at radius 3 is 2.00 bits per heavy atom. The van der Waals surface area contributed by atoms with E-state index in [4.69, 9.17) is 9.84 Å². The van der Waals surface area contributed by atoms with Gasteiger partial charge >= 0.3 is 5.97 Å². The fraction of sp³-hybridized carbons (Fsp3) is 0.227. The van der Waals surface area contributed by atoms with Crippen molar-refractivity contribution in [2.45, 2.75) is 26.2 Å². The molecule has 0 fully saturated rings. The molecule has 1 aromatic heterocycles. The molecule has 0 radical (unpaired) electrons. The van der Waals surface area contributed by atoms with Crippen LogP contribution in [0.2, 0.25) is 0 Å². The Balaban J connectivity index is 1.68. The average molecular weight is 366 g/mol. The van der Waals surface area contributed by atoms with Gasteiger partial charge in [-0.3, -0.25) is 0 Å². The number of thiophene rings is 1. The third kappa shape index (κ3) is 4.52. The zero-order chi connectivity index (χ0) is 18.4. The third-order valence-electron chi connectivity index (χ3n) is 4.18. The molecular formula is C22H22O3S. The predicted octanol–water partition coefficient (Wildman–Crippen LogP) is 6.35. The molecule has 2 aromatic carbocycles. The highest BCUT2D eigenvalue weighted by atomic mass is 32.1. The van der Waals surface area contributed by atoms with E-state index < -0.39 is 5.97 Å². The molecule has 26 heavy (non-hydrogen) atoms. The van der Waals surface area contributed by atoms with Crippen molar-refractivity contribution < 1.29 is 14.6 Å². The Hall–Kier alpha value is -2.59. The first-order valence-electron chi connectivity index (χ1n) is 8.84. The maximum Gasteiger partial charge on any atom is 0.335 e. The van der Waals surface area contributed by atoms with E-state index >= 15 is 0 Å². The number of aromatic carboxylic acids is 1. The van der Waals surface area contributed by atoms with E-state index in [2.05, 4.69) is 31.2 Å². The molecule has 1 N–H and O–H groups in total. The molecule has 0 saturated carbocycles. The van der Waals surface area contributed by atoms with Gasteiger partial charge in [0.2, 0.25) is 0 Å². The highest BCUT2D eigenvalue weighted by molar-refractivity contribution is 7.18. The van der Waals surface area contributed by atoms with E-state index in [-0.39, 0.29) is 0 Å². The summed E-state index contributed by atoms with van der Waals surface area (Å²) in [6.07, 6.45) is 3.48. The molecule has 4 heteroatoms. The fourth-order valence-corrected chi connectivity index (χ4v) is 3.70. The molecule has 0 spiro atoms. The highest BCUT2D eigenvalue weighted by Crippen LogP contribution is 2.35. The fourth-order valence-electron chi connectivity index (χ4n) is 2.68. The second-order valence-corrected chi connectivity index (χ2v) is 7.21. The van der Waals surface area contributed by atoms with Gasteiger partial charge in [-0.2, -0.15) is 0 Å². The normalized spacial score (nSPS) is 10.7. The highest BCUT2D eigenvalue weighted by Gasteiger charge is 2.07. The SMILES string of the molecule is CCCCCOc1ccc(-c2ccc(-c3ccc(C(=O)O)cc3)s2)cc1. The summed E-state index contributed by atoms with van der Waals surface area (Å²) in [5, 5.41) is 8.99. The minimum Gasteiger partial charge on any atom is -0.494 e. The molecular weight excluding hydrogens is 344 g/mol. The number of carbonyl (C=O) groups is 1. The van der Waals surface area contributed by atoms with Crippen molar-refractivity contribution in [2.75, 3.05) is 6.61 Å². The van der Waals surface area contributed by atoms with Crippen LogP contribution in [0.3, 0.4) is 0 Å². The summed E-state index contributed by atoms with van der Waals surface area (Å²) < 4.78 is 5.76. The second-order valence-electron chi connectivity index (χ2n) is 6.13. The van der Waals surface area contributed by atoms with E-state index in [0.717, 1.165) is 34.8 Å². The summed E-state index contributed by atoms with van der Waals surface area (Å²) in [5.41, 5.74) is 2.49. The zero-order valence-corrected chi connectivity index (χ0v) is 15.6. The lowest BCUT2D eigenvalue weighted by molar-refractivity contribution is 0.0697. The van der Waals surface area contributed by atoms with Gasteiger partial charge in [-0.05, 0) is 66.1 Å². The van der Waals surface area contributed by atoms with Crippen molar-refractivity contribution in [1.29, 1.82) is 0 Å². The number of hydrogen-bond donors (Lipinski definition) is 1. The Morgan fingerprint density at radius 1 is 0.885 bits per heavy atom. The van der Waals surface area contributed by atoms with Crippen molar-refractivity contribution in [3.05, 3.63) is 66.2 Å². The molecule has 0 atom stereocenters. The van der Waals surface area contributed by atoms with Crippen LogP contribution in [0.4, 0.5) is 0 Å². The van der Waals surface area contributed by atoms with Crippen LogP contribution in [0.5, 0.6) is 5.75 Å². The van der Waals surface area contributed by atoms with Gasteiger partial charge in [0.25, 0.3) is 0 Å². The van der Waals surface area contributed by atoms with Crippen LogP contribution in [0.1, 0.15) is 36.5 Å². The van der Waals surface area contributed by atoms with E-state index in [9.17, 15) is 4.79 Å². The van der Waals surface area contributed by atoms with Crippen LogP contribution in [-0.2, 0) is 0 Å². The third-order valence-corrected chi connectivity index (χ3v) is 5.36. The van der Waals surface area contributed by atoms with E-state index in [1.54, 1.807) is 23.5 Å². The summed E-state index contributed by atoms with van der Waals surface area (Å²) >= 11 is 1.70. The maximum atomic E-state index is 11.0. The maximum absolute atomic E-state index is 11.0. The largest absolute Gasteiger partial charge is 0.494 e. The van der Waals surface area contributed by atoms with Gasteiger partial charge in [-0.15, -0.1) is 11.3 Å². The summed E-state index contributed by atoms with van der Waals surface area (Å²) in [7, 11) is 0. The van der Waals surface area contributed by atoms with Gasteiger partial charge in [0.1, 0.15) is 5.75 Å². The minimum absolute atomic E-state index is 0.306. The first-order valence-corrected chi connectivity index (χ1v) is 9.66. The summed E-state index contributed by atoms with van der Waals surface area (Å²) in [6, 6.07) is 19.4. The van der Waals surface area contributed by atoms with Gasteiger partial charge in [-0.25, -0.2) is 4.79 Å². The molecule has 1 heterocycles. The van der Waals surface area contributed by atoms with Crippen molar-refractivity contribution >= 4 is 17.3 Å². The molecule has 0 saturated heterocycles. The Bertz CT molecular complexity index is 848. The quantitative estimate of drug-likeness (QED) is 0.473. The van der Waals surface area contributed by atoms with Crippen LogP contribution in [0.25, 0.3) is 20.9 Å². The summed E-state index contributed by atoms with van der Waals surface area (Å²) in [4.78, 5) is 13.3. The molecule has 0 amide bonds. The molecule has 0 aliphatic carbocycles.